The fraction of sp³-hybridized carbons (Fsp3) is 0.500. The lowest BCUT2D eigenvalue weighted by atomic mass is 9.85. The van der Waals surface area contributed by atoms with E-state index in [2.05, 4.69) is 36.6 Å². The zero-order valence-electron chi connectivity index (χ0n) is 10.9. The number of carbonyl (C=O) groups excluding carboxylic acids is 1. The molecular formula is C14H22N2O. The van der Waals surface area contributed by atoms with E-state index in [1.54, 1.807) is 7.05 Å². The summed E-state index contributed by atoms with van der Waals surface area (Å²) in [6.45, 7) is 5.41. The van der Waals surface area contributed by atoms with Crippen LogP contribution < -0.4 is 10.6 Å². The zero-order valence-corrected chi connectivity index (χ0v) is 10.9. The van der Waals surface area contributed by atoms with Crippen molar-refractivity contribution in [2.24, 2.45) is 5.41 Å². The number of amides is 1. The lowest BCUT2D eigenvalue weighted by Gasteiger charge is -2.25. The highest BCUT2D eigenvalue weighted by molar-refractivity contribution is 5.77. The molecule has 94 valence electrons. The van der Waals surface area contributed by atoms with Gasteiger partial charge in [0.15, 0.2) is 0 Å². The predicted octanol–water partition coefficient (Wildman–Crippen LogP) is 1.59. The SMILES string of the molecule is CNCC(=O)NCC(C)(C)Cc1ccccc1. The highest BCUT2D eigenvalue weighted by Crippen LogP contribution is 2.20. The Hall–Kier alpha value is -1.35. The molecule has 0 spiro atoms. The molecule has 0 saturated heterocycles. The first kappa shape index (κ1) is 13.7. The number of carbonyl (C=O) groups is 1. The average molecular weight is 234 g/mol. The Balaban J connectivity index is 2.43. The molecule has 0 aromatic heterocycles. The maximum atomic E-state index is 11.4. The van der Waals surface area contributed by atoms with Crippen molar-refractivity contribution in [1.82, 2.24) is 10.6 Å². The topological polar surface area (TPSA) is 41.1 Å². The summed E-state index contributed by atoms with van der Waals surface area (Å²) in [6, 6.07) is 10.4. The van der Waals surface area contributed by atoms with Crippen molar-refractivity contribution in [1.29, 1.82) is 0 Å². The van der Waals surface area contributed by atoms with Crippen LogP contribution in [0.25, 0.3) is 0 Å². The van der Waals surface area contributed by atoms with E-state index < -0.39 is 0 Å². The van der Waals surface area contributed by atoms with Crippen LogP contribution >= 0.6 is 0 Å². The van der Waals surface area contributed by atoms with E-state index in [1.165, 1.54) is 5.56 Å². The van der Waals surface area contributed by atoms with Crippen LogP contribution in [0.4, 0.5) is 0 Å². The van der Waals surface area contributed by atoms with E-state index in [0.717, 1.165) is 6.42 Å². The van der Waals surface area contributed by atoms with Gasteiger partial charge in [0.05, 0.1) is 6.54 Å². The van der Waals surface area contributed by atoms with Gasteiger partial charge in [-0.2, -0.15) is 0 Å². The molecule has 1 aromatic rings. The first-order valence-corrected chi connectivity index (χ1v) is 5.99. The van der Waals surface area contributed by atoms with Gasteiger partial charge in [-0.15, -0.1) is 0 Å². The molecule has 0 bridgehead atoms. The van der Waals surface area contributed by atoms with Crippen molar-refractivity contribution in [2.45, 2.75) is 20.3 Å². The van der Waals surface area contributed by atoms with Crippen molar-refractivity contribution in [3.63, 3.8) is 0 Å². The van der Waals surface area contributed by atoms with Crippen LogP contribution in [0.1, 0.15) is 19.4 Å². The number of hydrogen-bond acceptors (Lipinski definition) is 2. The zero-order chi connectivity index (χ0) is 12.7. The molecule has 0 atom stereocenters. The van der Waals surface area contributed by atoms with Crippen LogP contribution in [0.2, 0.25) is 0 Å². The molecular weight excluding hydrogens is 212 g/mol. The number of likely N-dealkylation sites (N-methyl/N-ethyl adjacent to an activating group) is 1. The van der Waals surface area contributed by atoms with E-state index in [0.29, 0.717) is 13.1 Å². The summed E-state index contributed by atoms with van der Waals surface area (Å²) in [5.41, 5.74) is 1.38. The highest BCUT2D eigenvalue weighted by Gasteiger charge is 2.19. The Morgan fingerprint density at radius 1 is 1.24 bits per heavy atom. The predicted molar refractivity (Wildman–Crippen MR) is 70.9 cm³/mol. The summed E-state index contributed by atoms with van der Waals surface area (Å²) in [6.07, 6.45) is 0.966. The maximum Gasteiger partial charge on any atom is 0.233 e. The van der Waals surface area contributed by atoms with Crippen LogP contribution in [-0.2, 0) is 11.2 Å². The number of benzene rings is 1. The average Bonchev–Trinajstić information content (AvgIpc) is 2.28. The second kappa shape index (κ2) is 6.40. The number of hydrogen-bond donors (Lipinski definition) is 2. The summed E-state index contributed by atoms with van der Waals surface area (Å²) >= 11 is 0. The minimum Gasteiger partial charge on any atom is -0.354 e. The van der Waals surface area contributed by atoms with E-state index in [1.807, 2.05) is 18.2 Å². The van der Waals surface area contributed by atoms with E-state index in [9.17, 15) is 4.79 Å². The minimum atomic E-state index is 0.0497. The standard InChI is InChI=1S/C14H22N2O/c1-14(2,11-16-13(17)10-15-3)9-12-7-5-4-6-8-12/h4-8,15H,9-11H2,1-3H3,(H,16,17). The third kappa shape index (κ3) is 5.50. The summed E-state index contributed by atoms with van der Waals surface area (Å²) in [7, 11) is 1.77. The monoisotopic (exact) mass is 234 g/mol. The molecule has 0 fully saturated rings. The molecule has 1 amide bonds. The molecule has 1 rings (SSSR count). The third-order valence-electron chi connectivity index (χ3n) is 2.63. The Morgan fingerprint density at radius 2 is 1.88 bits per heavy atom. The lowest BCUT2D eigenvalue weighted by Crippen LogP contribution is -2.39. The maximum absolute atomic E-state index is 11.4. The first-order chi connectivity index (χ1) is 8.03. The normalized spacial score (nSPS) is 11.2. The molecule has 0 radical (unpaired) electrons. The molecule has 1 aromatic carbocycles. The fourth-order valence-corrected chi connectivity index (χ4v) is 1.77. The summed E-state index contributed by atoms with van der Waals surface area (Å²) in [5, 5.41) is 5.78. The first-order valence-electron chi connectivity index (χ1n) is 5.99. The second-order valence-electron chi connectivity index (χ2n) is 5.13. The summed E-state index contributed by atoms with van der Waals surface area (Å²) in [5.74, 6) is 0.0497. The van der Waals surface area contributed by atoms with Gasteiger partial charge in [-0.3, -0.25) is 4.79 Å². The smallest absolute Gasteiger partial charge is 0.233 e. The van der Waals surface area contributed by atoms with Gasteiger partial charge < -0.3 is 10.6 Å². The van der Waals surface area contributed by atoms with Crippen molar-refractivity contribution in [3.05, 3.63) is 35.9 Å². The Bertz CT molecular complexity index is 346. The van der Waals surface area contributed by atoms with Gasteiger partial charge in [0.1, 0.15) is 0 Å². The lowest BCUT2D eigenvalue weighted by molar-refractivity contribution is -0.120. The van der Waals surface area contributed by atoms with Crippen molar-refractivity contribution in [3.8, 4) is 0 Å². The van der Waals surface area contributed by atoms with Crippen LogP contribution in [-0.4, -0.2) is 26.0 Å². The largest absolute Gasteiger partial charge is 0.354 e. The van der Waals surface area contributed by atoms with Gasteiger partial charge in [0.25, 0.3) is 0 Å². The molecule has 0 aliphatic heterocycles. The Morgan fingerprint density at radius 3 is 2.47 bits per heavy atom. The van der Waals surface area contributed by atoms with Crippen LogP contribution in [0.3, 0.4) is 0 Å². The van der Waals surface area contributed by atoms with E-state index >= 15 is 0 Å². The van der Waals surface area contributed by atoms with E-state index in [-0.39, 0.29) is 11.3 Å². The molecule has 0 heterocycles. The molecule has 3 heteroatoms. The number of rotatable bonds is 6. The molecule has 2 N–H and O–H groups in total. The van der Waals surface area contributed by atoms with Gasteiger partial charge in [-0.1, -0.05) is 44.2 Å². The summed E-state index contributed by atoms with van der Waals surface area (Å²) in [4.78, 5) is 11.4. The van der Waals surface area contributed by atoms with Gasteiger partial charge >= 0.3 is 0 Å². The fourth-order valence-electron chi connectivity index (χ4n) is 1.77. The van der Waals surface area contributed by atoms with Gasteiger partial charge in [0.2, 0.25) is 5.91 Å². The van der Waals surface area contributed by atoms with Crippen LogP contribution in [0.5, 0.6) is 0 Å². The second-order valence-corrected chi connectivity index (χ2v) is 5.13. The molecule has 0 aliphatic carbocycles. The molecule has 3 nitrogen and oxygen atoms in total. The van der Waals surface area contributed by atoms with Gasteiger partial charge in [-0.05, 0) is 24.4 Å². The van der Waals surface area contributed by atoms with Crippen molar-refractivity contribution in [2.75, 3.05) is 20.1 Å². The highest BCUT2D eigenvalue weighted by atomic mass is 16.1. The van der Waals surface area contributed by atoms with Crippen molar-refractivity contribution >= 4 is 5.91 Å². The van der Waals surface area contributed by atoms with Crippen LogP contribution in [0.15, 0.2) is 30.3 Å². The quantitative estimate of drug-likeness (QED) is 0.785. The number of nitrogens with one attached hydrogen (secondary N) is 2. The molecule has 17 heavy (non-hydrogen) atoms. The molecule has 0 aliphatic rings. The third-order valence-corrected chi connectivity index (χ3v) is 2.63. The summed E-state index contributed by atoms with van der Waals surface area (Å²) < 4.78 is 0. The Kier molecular flexibility index (Phi) is 5.16. The van der Waals surface area contributed by atoms with E-state index in [4.69, 9.17) is 0 Å². The molecule has 0 unspecified atom stereocenters. The van der Waals surface area contributed by atoms with Gasteiger partial charge in [0, 0.05) is 6.54 Å². The Labute approximate surface area is 104 Å². The van der Waals surface area contributed by atoms with Gasteiger partial charge in [-0.25, -0.2) is 0 Å². The molecule has 0 saturated carbocycles. The van der Waals surface area contributed by atoms with Crippen LogP contribution in [0, 0.1) is 5.41 Å². The van der Waals surface area contributed by atoms with Crippen molar-refractivity contribution < 1.29 is 4.79 Å². The minimum absolute atomic E-state index is 0.0497.